The van der Waals surface area contributed by atoms with Crippen molar-refractivity contribution in [2.75, 3.05) is 6.54 Å². The fourth-order valence-electron chi connectivity index (χ4n) is 1.67. The van der Waals surface area contributed by atoms with Crippen LogP contribution in [0.2, 0.25) is 0 Å². The average Bonchev–Trinajstić information content (AvgIpc) is 2.53. The van der Waals surface area contributed by atoms with E-state index in [9.17, 15) is 0 Å². The third kappa shape index (κ3) is 1.74. The van der Waals surface area contributed by atoms with Crippen LogP contribution in [0.4, 0.5) is 0 Å². The van der Waals surface area contributed by atoms with Gasteiger partial charge in [0.25, 0.3) is 0 Å². The molecule has 2 heteroatoms. The molecule has 1 heterocycles. The van der Waals surface area contributed by atoms with E-state index in [0.717, 1.165) is 6.54 Å². The second-order valence-corrected chi connectivity index (χ2v) is 3.59. The number of hydrogen-bond acceptors (Lipinski definition) is 2. The monoisotopic (exact) mass is 177 g/mol. The van der Waals surface area contributed by atoms with Crippen molar-refractivity contribution in [2.24, 2.45) is 0 Å². The third-order valence-corrected chi connectivity index (χ3v) is 2.43. The minimum atomic E-state index is 0.0937. The Balaban J connectivity index is 2.21. The minimum Gasteiger partial charge on any atom is -0.355 e. The zero-order chi connectivity index (χ0) is 9.26. The van der Waals surface area contributed by atoms with Crippen LogP contribution in [0.5, 0.6) is 0 Å². The maximum absolute atomic E-state index is 5.72. The molecule has 70 valence electrons. The Labute approximate surface area is 78.9 Å². The van der Waals surface area contributed by atoms with Gasteiger partial charge in [0.2, 0.25) is 0 Å². The maximum atomic E-state index is 5.72. The predicted octanol–water partition coefficient (Wildman–Crippen LogP) is 2.00. The molecule has 1 aromatic carbocycles. The quantitative estimate of drug-likeness (QED) is 0.708. The summed E-state index contributed by atoms with van der Waals surface area (Å²) >= 11 is 0. The van der Waals surface area contributed by atoms with E-state index in [4.69, 9.17) is 4.74 Å². The van der Waals surface area contributed by atoms with Gasteiger partial charge in [0.1, 0.15) is 6.23 Å². The van der Waals surface area contributed by atoms with Gasteiger partial charge in [-0.15, -0.1) is 0 Å². The summed E-state index contributed by atoms with van der Waals surface area (Å²) in [6.45, 7) is 5.15. The van der Waals surface area contributed by atoms with E-state index >= 15 is 0 Å². The van der Waals surface area contributed by atoms with Gasteiger partial charge in [-0.25, -0.2) is 0 Å². The molecule has 0 saturated carbocycles. The Morgan fingerprint density at radius 2 is 2.15 bits per heavy atom. The average molecular weight is 177 g/mol. The van der Waals surface area contributed by atoms with Crippen molar-refractivity contribution in [2.45, 2.75) is 26.2 Å². The number of benzene rings is 1. The molecule has 2 rings (SSSR count). The molecule has 1 N–H and O–H groups in total. The molecular formula is C11H15NO. The van der Waals surface area contributed by atoms with Crippen LogP contribution in [0.3, 0.4) is 0 Å². The first-order valence-electron chi connectivity index (χ1n) is 4.72. The first kappa shape index (κ1) is 8.73. The molecule has 0 bridgehead atoms. The topological polar surface area (TPSA) is 21.3 Å². The van der Waals surface area contributed by atoms with Gasteiger partial charge in [-0.3, -0.25) is 5.32 Å². The Kier molecular flexibility index (Phi) is 2.34. The molecule has 0 radical (unpaired) electrons. The molecule has 1 aromatic rings. The number of aryl methyl sites for hydroxylation is 1. The second kappa shape index (κ2) is 3.48. The fourth-order valence-corrected chi connectivity index (χ4v) is 1.67. The molecule has 1 aliphatic heterocycles. The van der Waals surface area contributed by atoms with Crippen molar-refractivity contribution >= 4 is 0 Å². The molecule has 0 amide bonds. The third-order valence-electron chi connectivity index (χ3n) is 2.43. The van der Waals surface area contributed by atoms with E-state index < -0.39 is 0 Å². The van der Waals surface area contributed by atoms with Crippen LogP contribution in [0.1, 0.15) is 24.3 Å². The van der Waals surface area contributed by atoms with Crippen molar-refractivity contribution in [1.82, 2.24) is 5.32 Å². The van der Waals surface area contributed by atoms with Gasteiger partial charge < -0.3 is 4.74 Å². The highest BCUT2D eigenvalue weighted by Crippen LogP contribution is 2.23. The molecule has 13 heavy (non-hydrogen) atoms. The maximum Gasteiger partial charge on any atom is 0.135 e. The Bertz CT molecular complexity index is 298. The molecule has 1 aliphatic rings. The van der Waals surface area contributed by atoms with Crippen LogP contribution in [0, 0.1) is 6.92 Å². The summed E-state index contributed by atoms with van der Waals surface area (Å²) in [5.41, 5.74) is 2.54. The van der Waals surface area contributed by atoms with Crippen LogP contribution in [0.15, 0.2) is 24.3 Å². The SMILES string of the molecule is Cc1ccccc1C1NCC(C)O1. The molecule has 0 aromatic heterocycles. The normalized spacial score (nSPS) is 27.8. The minimum absolute atomic E-state index is 0.0937. The summed E-state index contributed by atoms with van der Waals surface area (Å²) in [4.78, 5) is 0. The summed E-state index contributed by atoms with van der Waals surface area (Å²) in [5, 5.41) is 3.34. The number of hydrogen-bond donors (Lipinski definition) is 1. The first-order chi connectivity index (χ1) is 6.27. The van der Waals surface area contributed by atoms with Crippen molar-refractivity contribution in [3.8, 4) is 0 Å². The predicted molar refractivity (Wildman–Crippen MR) is 52.5 cm³/mol. The fraction of sp³-hybridized carbons (Fsp3) is 0.455. The first-order valence-corrected chi connectivity index (χ1v) is 4.72. The molecule has 2 unspecified atom stereocenters. The standard InChI is InChI=1S/C11H15NO/c1-8-5-3-4-6-10(8)11-12-7-9(2)13-11/h3-6,9,11-12H,7H2,1-2H3. The van der Waals surface area contributed by atoms with E-state index in [-0.39, 0.29) is 6.23 Å². The molecule has 0 spiro atoms. The van der Waals surface area contributed by atoms with Crippen LogP contribution in [-0.4, -0.2) is 12.6 Å². The van der Waals surface area contributed by atoms with Crippen LogP contribution in [0.25, 0.3) is 0 Å². The van der Waals surface area contributed by atoms with Crippen LogP contribution in [-0.2, 0) is 4.74 Å². The summed E-state index contributed by atoms with van der Waals surface area (Å²) in [7, 11) is 0. The molecule has 2 atom stereocenters. The van der Waals surface area contributed by atoms with Gasteiger partial charge in [-0.05, 0) is 25.0 Å². The van der Waals surface area contributed by atoms with E-state index in [2.05, 4.69) is 43.4 Å². The van der Waals surface area contributed by atoms with Gasteiger partial charge in [-0.2, -0.15) is 0 Å². The van der Waals surface area contributed by atoms with Gasteiger partial charge in [0.05, 0.1) is 6.10 Å². The van der Waals surface area contributed by atoms with Crippen molar-refractivity contribution in [1.29, 1.82) is 0 Å². The molecule has 1 fully saturated rings. The van der Waals surface area contributed by atoms with Gasteiger partial charge >= 0.3 is 0 Å². The molecular weight excluding hydrogens is 162 g/mol. The summed E-state index contributed by atoms with van der Waals surface area (Å²) < 4.78 is 5.72. The highest BCUT2D eigenvalue weighted by Gasteiger charge is 2.22. The van der Waals surface area contributed by atoms with Crippen molar-refractivity contribution in [3.63, 3.8) is 0 Å². The van der Waals surface area contributed by atoms with Crippen molar-refractivity contribution < 1.29 is 4.74 Å². The zero-order valence-corrected chi connectivity index (χ0v) is 8.08. The molecule has 2 nitrogen and oxygen atoms in total. The highest BCUT2D eigenvalue weighted by molar-refractivity contribution is 5.27. The smallest absolute Gasteiger partial charge is 0.135 e. The van der Waals surface area contributed by atoms with E-state index in [1.165, 1.54) is 11.1 Å². The Hall–Kier alpha value is -0.860. The van der Waals surface area contributed by atoms with Gasteiger partial charge in [-0.1, -0.05) is 24.3 Å². The van der Waals surface area contributed by atoms with E-state index in [0.29, 0.717) is 6.10 Å². The molecule has 0 aliphatic carbocycles. The van der Waals surface area contributed by atoms with Crippen molar-refractivity contribution in [3.05, 3.63) is 35.4 Å². The molecule has 1 saturated heterocycles. The second-order valence-electron chi connectivity index (χ2n) is 3.59. The Morgan fingerprint density at radius 1 is 1.38 bits per heavy atom. The lowest BCUT2D eigenvalue weighted by Crippen LogP contribution is -2.15. The summed E-state index contributed by atoms with van der Waals surface area (Å²) in [6.07, 6.45) is 0.417. The number of nitrogens with one attached hydrogen (secondary N) is 1. The lowest BCUT2D eigenvalue weighted by atomic mass is 10.1. The van der Waals surface area contributed by atoms with Gasteiger partial charge in [0.15, 0.2) is 0 Å². The highest BCUT2D eigenvalue weighted by atomic mass is 16.5. The van der Waals surface area contributed by atoms with Gasteiger partial charge in [0, 0.05) is 6.54 Å². The van der Waals surface area contributed by atoms with Crippen LogP contribution >= 0.6 is 0 Å². The summed E-state index contributed by atoms with van der Waals surface area (Å²) in [6, 6.07) is 8.34. The summed E-state index contributed by atoms with van der Waals surface area (Å²) in [5.74, 6) is 0. The van der Waals surface area contributed by atoms with E-state index in [1.54, 1.807) is 0 Å². The zero-order valence-electron chi connectivity index (χ0n) is 8.08. The van der Waals surface area contributed by atoms with E-state index in [1.807, 2.05) is 0 Å². The number of ether oxygens (including phenoxy) is 1. The van der Waals surface area contributed by atoms with Crippen LogP contribution < -0.4 is 5.32 Å². The number of rotatable bonds is 1. The lowest BCUT2D eigenvalue weighted by Gasteiger charge is -2.13. The Morgan fingerprint density at radius 3 is 2.77 bits per heavy atom. The lowest BCUT2D eigenvalue weighted by molar-refractivity contribution is 0.0507. The largest absolute Gasteiger partial charge is 0.355 e.